The number of benzene rings is 1. The van der Waals surface area contributed by atoms with Crippen LogP contribution in [0.5, 0.6) is 5.75 Å². The van der Waals surface area contributed by atoms with Gasteiger partial charge in [0, 0.05) is 18.4 Å². The Balaban J connectivity index is 2.16. The Labute approximate surface area is 84.1 Å². The molecule has 1 aliphatic rings. The van der Waals surface area contributed by atoms with Crippen LogP contribution < -0.4 is 9.64 Å². The smallest absolute Gasteiger partial charge is 0.119 e. The normalized spacial score (nSPS) is 14.5. The Morgan fingerprint density at radius 1 is 1.14 bits per heavy atom. The van der Waals surface area contributed by atoms with Crippen molar-refractivity contribution in [3.05, 3.63) is 48.7 Å². The summed E-state index contributed by atoms with van der Waals surface area (Å²) in [6, 6.07) is 8.06. The van der Waals surface area contributed by atoms with Crippen LogP contribution in [0.4, 0.5) is 5.69 Å². The van der Waals surface area contributed by atoms with Gasteiger partial charge in [0.25, 0.3) is 0 Å². The molecule has 0 aromatic heterocycles. The van der Waals surface area contributed by atoms with E-state index in [0.717, 1.165) is 12.3 Å². The number of anilines is 1. The quantitative estimate of drug-likeness (QED) is 0.705. The summed E-state index contributed by atoms with van der Waals surface area (Å²) in [7, 11) is 1.68. The zero-order valence-electron chi connectivity index (χ0n) is 8.18. The van der Waals surface area contributed by atoms with Gasteiger partial charge in [-0.1, -0.05) is 12.2 Å². The molecule has 0 N–H and O–H groups in total. The van der Waals surface area contributed by atoms with E-state index in [2.05, 4.69) is 35.4 Å². The fourth-order valence-electron chi connectivity index (χ4n) is 1.43. The van der Waals surface area contributed by atoms with Crippen LogP contribution in [0.3, 0.4) is 0 Å². The third-order valence-electron chi connectivity index (χ3n) is 2.22. The maximum absolute atomic E-state index is 5.11. The summed E-state index contributed by atoms with van der Waals surface area (Å²) in [5, 5.41) is 0. The molecule has 0 saturated heterocycles. The third-order valence-corrected chi connectivity index (χ3v) is 2.22. The summed E-state index contributed by atoms with van der Waals surface area (Å²) in [4.78, 5) is 2.18. The van der Waals surface area contributed by atoms with Crippen molar-refractivity contribution in [1.29, 1.82) is 0 Å². The number of methoxy groups -OCH3 is 1. The molecule has 1 aliphatic heterocycles. The molecule has 1 aromatic rings. The number of hydrogen-bond donors (Lipinski definition) is 0. The second kappa shape index (κ2) is 4.01. The van der Waals surface area contributed by atoms with Crippen LogP contribution in [0.1, 0.15) is 0 Å². The van der Waals surface area contributed by atoms with Crippen LogP contribution in [0.25, 0.3) is 0 Å². The Morgan fingerprint density at radius 3 is 2.50 bits per heavy atom. The summed E-state index contributed by atoms with van der Waals surface area (Å²) >= 11 is 0. The molecule has 1 heterocycles. The lowest BCUT2D eigenvalue weighted by atomic mass is 10.2. The van der Waals surface area contributed by atoms with Gasteiger partial charge < -0.3 is 9.64 Å². The molecule has 14 heavy (non-hydrogen) atoms. The topological polar surface area (TPSA) is 12.5 Å². The summed E-state index contributed by atoms with van der Waals surface area (Å²) in [6.45, 7) is 0.933. The van der Waals surface area contributed by atoms with Gasteiger partial charge in [0.2, 0.25) is 0 Å². The van der Waals surface area contributed by atoms with Crippen LogP contribution in [0.2, 0.25) is 0 Å². The lowest BCUT2D eigenvalue weighted by molar-refractivity contribution is 0.415. The van der Waals surface area contributed by atoms with E-state index in [1.807, 2.05) is 18.2 Å². The predicted molar refractivity (Wildman–Crippen MR) is 58.6 cm³/mol. The molecule has 1 aromatic carbocycles. The fourth-order valence-corrected chi connectivity index (χ4v) is 1.43. The lowest BCUT2D eigenvalue weighted by Gasteiger charge is -2.20. The van der Waals surface area contributed by atoms with E-state index < -0.39 is 0 Å². The molecular formula is C12H13NO. The first-order valence-corrected chi connectivity index (χ1v) is 4.64. The Morgan fingerprint density at radius 2 is 1.93 bits per heavy atom. The van der Waals surface area contributed by atoms with E-state index in [1.165, 1.54) is 5.69 Å². The highest BCUT2D eigenvalue weighted by Crippen LogP contribution is 2.20. The molecule has 0 amide bonds. The van der Waals surface area contributed by atoms with Gasteiger partial charge in [-0.25, -0.2) is 0 Å². The fraction of sp³-hybridized carbons (Fsp3) is 0.167. The van der Waals surface area contributed by atoms with E-state index >= 15 is 0 Å². The van der Waals surface area contributed by atoms with Crippen molar-refractivity contribution in [3.8, 4) is 5.75 Å². The first kappa shape index (κ1) is 8.88. The lowest BCUT2D eigenvalue weighted by Crippen LogP contribution is -2.17. The molecule has 0 aliphatic carbocycles. The molecule has 2 rings (SSSR count). The van der Waals surface area contributed by atoms with Gasteiger partial charge in [0.05, 0.1) is 7.11 Å². The molecular weight excluding hydrogens is 174 g/mol. The van der Waals surface area contributed by atoms with Crippen LogP contribution in [-0.2, 0) is 0 Å². The predicted octanol–water partition coefficient (Wildman–Crippen LogP) is 2.59. The summed E-state index contributed by atoms with van der Waals surface area (Å²) in [5.41, 5.74) is 1.19. The van der Waals surface area contributed by atoms with E-state index in [1.54, 1.807) is 7.11 Å². The third kappa shape index (κ3) is 1.79. The van der Waals surface area contributed by atoms with Crippen LogP contribution in [0.15, 0.2) is 48.7 Å². The maximum atomic E-state index is 5.11. The zero-order valence-corrected chi connectivity index (χ0v) is 8.18. The van der Waals surface area contributed by atoms with Gasteiger partial charge in [-0.2, -0.15) is 0 Å². The average molecular weight is 187 g/mol. The van der Waals surface area contributed by atoms with E-state index in [9.17, 15) is 0 Å². The van der Waals surface area contributed by atoms with Crippen molar-refractivity contribution in [2.24, 2.45) is 0 Å². The zero-order chi connectivity index (χ0) is 9.80. The minimum absolute atomic E-state index is 0.894. The largest absolute Gasteiger partial charge is 0.497 e. The van der Waals surface area contributed by atoms with E-state index in [4.69, 9.17) is 4.74 Å². The second-order valence-electron chi connectivity index (χ2n) is 3.12. The second-order valence-corrected chi connectivity index (χ2v) is 3.12. The molecule has 0 atom stereocenters. The summed E-state index contributed by atoms with van der Waals surface area (Å²) < 4.78 is 5.11. The van der Waals surface area contributed by atoms with Crippen molar-refractivity contribution in [1.82, 2.24) is 0 Å². The van der Waals surface area contributed by atoms with Crippen molar-refractivity contribution < 1.29 is 4.74 Å². The number of allylic oxidation sites excluding steroid dienone is 2. The Hall–Kier alpha value is -1.70. The van der Waals surface area contributed by atoms with Gasteiger partial charge >= 0.3 is 0 Å². The highest BCUT2D eigenvalue weighted by molar-refractivity contribution is 5.53. The molecule has 2 heteroatoms. The van der Waals surface area contributed by atoms with Gasteiger partial charge in [0.1, 0.15) is 5.75 Å². The van der Waals surface area contributed by atoms with Crippen molar-refractivity contribution in [2.45, 2.75) is 0 Å². The molecule has 0 spiro atoms. The van der Waals surface area contributed by atoms with E-state index in [-0.39, 0.29) is 0 Å². The van der Waals surface area contributed by atoms with Gasteiger partial charge in [-0.15, -0.1) is 0 Å². The number of nitrogens with zero attached hydrogens (tertiary/aromatic N) is 1. The molecule has 0 saturated carbocycles. The highest BCUT2D eigenvalue weighted by Gasteiger charge is 2.02. The summed E-state index contributed by atoms with van der Waals surface area (Å²) in [6.07, 6.45) is 8.29. The van der Waals surface area contributed by atoms with Crippen molar-refractivity contribution in [3.63, 3.8) is 0 Å². The number of hydrogen-bond acceptors (Lipinski definition) is 2. The van der Waals surface area contributed by atoms with Crippen LogP contribution >= 0.6 is 0 Å². The first-order chi connectivity index (χ1) is 6.90. The summed E-state index contributed by atoms with van der Waals surface area (Å²) in [5.74, 6) is 0.894. The van der Waals surface area contributed by atoms with Gasteiger partial charge in [-0.05, 0) is 30.3 Å². The highest BCUT2D eigenvalue weighted by atomic mass is 16.5. The standard InChI is InChI=1S/C12H13NO/c1-14-12-7-5-11(6-8-12)13-9-3-2-4-10-13/h2-9H,10H2,1H3. The maximum Gasteiger partial charge on any atom is 0.119 e. The van der Waals surface area contributed by atoms with Gasteiger partial charge in [-0.3, -0.25) is 0 Å². The molecule has 72 valence electrons. The van der Waals surface area contributed by atoms with Crippen LogP contribution in [0, 0.1) is 0 Å². The molecule has 0 fully saturated rings. The first-order valence-electron chi connectivity index (χ1n) is 4.64. The Bertz CT molecular complexity index is 351. The molecule has 0 bridgehead atoms. The average Bonchev–Trinajstić information content (AvgIpc) is 2.30. The molecule has 0 unspecified atom stereocenters. The number of rotatable bonds is 2. The number of ether oxygens (including phenoxy) is 1. The van der Waals surface area contributed by atoms with Crippen molar-refractivity contribution in [2.75, 3.05) is 18.6 Å². The van der Waals surface area contributed by atoms with E-state index in [0.29, 0.717) is 0 Å². The molecule has 0 radical (unpaired) electrons. The van der Waals surface area contributed by atoms with Gasteiger partial charge in [0.15, 0.2) is 0 Å². The van der Waals surface area contributed by atoms with Crippen LogP contribution in [-0.4, -0.2) is 13.7 Å². The minimum atomic E-state index is 0.894. The van der Waals surface area contributed by atoms with Crippen molar-refractivity contribution >= 4 is 5.69 Å². The minimum Gasteiger partial charge on any atom is -0.497 e. The monoisotopic (exact) mass is 187 g/mol. The Kier molecular flexibility index (Phi) is 2.54. The molecule has 2 nitrogen and oxygen atoms in total. The SMILES string of the molecule is COc1ccc(N2C=CC=CC2)cc1.